The molecule has 0 spiro atoms. The highest BCUT2D eigenvalue weighted by atomic mass is 16.5. The Morgan fingerprint density at radius 2 is 1.79 bits per heavy atom. The van der Waals surface area contributed by atoms with Crippen molar-refractivity contribution in [1.29, 1.82) is 0 Å². The molecule has 0 saturated carbocycles. The van der Waals surface area contributed by atoms with Gasteiger partial charge in [0.05, 0.1) is 26.0 Å². The lowest BCUT2D eigenvalue weighted by molar-refractivity contribution is 0.353. The average Bonchev–Trinajstić information content (AvgIpc) is 3.01. The molecular weight excluding hydrogens is 302 g/mol. The summed E-state index contributed by atoms with van der Waals surface area (Å²) in [6.45, 7) is 11.5. The van der Waals surface area contributed by atoms with Gasteiger partial charge in [0.25, 0.3) is 0 Å². The number of ether oxygens (including phenoxy) is 2. The number of nitrogens with zero attached hydrogens (tertiary/aromatic N) is 2. The number of aryl methyl sites for hydroxylation is 1. The highest BCUT2D eigenvalue weighted by Crippen LogP contribution is 2.32. The van der Waals surface area contributed by atoms with Crippen molar-refractivity contribution < 1.29 is 9.47 Å². The van der Waals surface area contributed by atoms with Crippen molar-refractivity contribution in [3.8, 4) is 11.5 Å². The van der Waals surface area contributed by atoms with Crippen LogP contribution in [0, 0.1) is 6.92 Å². The van der Waals surface area contributed by atoms with Crippen LogP contribution in [0.5, 0.6) is 11.5 Å². The number of nitrogens with one attached hydrogen (secondary N) is 1. The van der Waals surface area contributed by atoms with Crippen LogP contribution in [-0.4, -0.2) is 24.0 Å². The Morgan fingerprint density at radius 3 is 2.33 bits per heavy atom. The summed E-state index contributed by atoms with van der Waals surface area (Å²) < 4.78 is 12.8. The molecule has 0 aliphatic rings. The standard InChI is InChI=1S/C19H29N3O2/c1-13-8-17(23-6)18(24-7)9-16(13)14(2)20-10-15-11-21-22(12-15)19(3,4)5/h8-9,11-12,14,20H,10H2,1-7H3. The smallest absolute Gasteiger partial charge is 0.161 e. The fourth-order valence-corrected chi connectivity index (χ4v) is 2.66. The van der Waals surface area contributed by atoms with Gasteiger partial charge in [-0.1, -0.05) is 0 Å². The molecule has 2 rings (SSSR count). The molecule has 1 atom stereocenters. The molecule has 5 nitrogen and oxygen atoms in total. The number of hydrogen-bond acceptors (Lipinski definition) is 4. The molecule has 1 aromatic heterocycles. The lowest BCUT2D eigenvalue weighted by Gasteiger charge is -2.19. The van der Waals surface area contributed by atoms with E-state index < -0.39 is 0 Å². The molecule has 1 N–H and O–H groups in total. The molecule has 0 saturated heterocycles. The van der Waals surface area contributed by atoms with Crippen LogP contribution in [0.2, 0.25) is 0 Å². The Kier molecular flexibility index (Phi) is 5.54. The Labute approximate surface area is 145 Å². The maximum absolute atomic E-state index is 5.42. The SMILES string of the molecule is COc1cc(C)c(C(C)NCc2cnn(C(C)(C)C)c2)cc1OC. The molecule has 0 aliphatic heterocycles. The van der Waals surface area contributed by atoms with Crippen molar-refractivity contribution >= 4 is 0 Å². The first kappa shape index (κ1) is 18.3. The van der Waals surface area contributed by atoms with E-state index in [0.717, 1.165) is 18.0 Å². The largest absolute Gasteiger partial charge is 0.493 e. The molecule has 0 amide bonds. The van der Waals surface area contributed by atoms with Crippen molar-refractivity contribution in [2.75, 3.05) is 14.2 Å². The third-order valence-corrected chi connectivity index (χ3v) is 4.17. The van der Waals surface area contributed by atoms with Crippen LogP contribution in [-0.2, 0) is 12.1 Å². The second kappa shape index (κ2) is 7.26. The number of methoxy groups -OCH3 is 2. The number of rotatable bonds is 6. The van der Waals surface area contributed by atoms with E-state index in [2.05, 4.69) is 51.2 Å². The molecule has 5 heteroatoms. The molecule has 0 fully saturated rings. The second-order valence-electron chi connectivity index (χ2n) is 7.13. The summed E-state index contributed by atoms with van der Waals surface area (Å²) >= 11 is 0. The van der Waals surface area contributed by atoms with Gasteiger partial charge in [0.2, 0.25) is 0 Å². The van der Waals surface area contributed by atoms with Crippen molar-refractivity contribution in [3.05, 3.63) is 41.2 Å². The summed E-state index contributed by atoms with van der Waals surface area (Å²) in [6.07, 6.45) is 4.02. The van der Waals surface area contributed by atoms with Gasteiger partial charge in [-0.05, 0) is 57.9 Å². The van der Waals surface area contributed by atoms with Gasteiger partial charge in [0, 0.05) is 24.3 Å². The highest BCUT2D eigenvalue weighted by molar-refractivity contribution is 5.48. The summed E-state index contributed by atoms with van der Waals surface area (Å²) in [5.41, 5.74) is 3.56. The van der Waals surface area contributed by atoms with Crippen molar-refractivity contribution in [1.82, 2.24) is 15.1 Å². The molecule has 132 valence electrons. The zero-order valence-corrected chi connectivity index (χ0v) is 15.8. The van der Waals surface area contributed by atoms with Crippen LogP contribution < -0.4 is 14.8 Å². The molecule has 0 bridgehead atoms. The summed E-state index contributed by atoms with van der Waals surface area (Å²) in [7, 11) is 3.32. The predicted octanol–water partition coefficient (Wildman–Crippen LogP) is 3.81. The van der Waals surface area contributed by atoms with Crippen molar-refractivity contribution in [2.45, 2.75) is 52.7 Å². The second-order valence-corrected chi connectivity index (χ2v) is 7.13. The quantitative estimate of drug-likeness (QED) is 0.874. The molecule has 1 aromatic carbocycles. The third kappa shape index (κ3) is 4.09. The molecule has 2 aromatic rings. The lowest BCUT2D eigenvalue weighted by atomic mass is 10.0. The van der Waals surface area contributed by atoms with E-state index in [0.29, 0.717) is 0 Å². The Balaban J connectivity index is 2.10. The van der Waals surface area contributed by atoms with E-state index in [4.69, 9.17) is 9.47 Å². The van der Waals surface area contributed by atoms with E-state index in [-0.39, 0.29) is 11.6 Å². The topological polar surface area (TPSA) is 48.3 Å². The van der Waals surface area contributed by atoms with Gasteiger partial charge >= 0.3 is 0 Å². The zero-order chi connectivity index (χ0) is 17.9. The van der Waals surface area contributed by atoms with Gasteiger partial charge in [0.1, 0.15) is 0 Å². The zero-order valence-electron chi connectivity index (χ0n) is 15.8. The Hall–Kier alpha value is -2.01. The van der Waals surface area contributed by atoms with Gasteiger partial charge in [-0.25, -0.2) is 0 Å². The first-order valence-electron chi connectivity index (χ1n) is 8.26. The fraction of sp³-hybridized carbons (Fsp3) is 0.526. The normalized spacial score (nSPS) is 13.0. The minimum atomic E-state index is 0.00377. The maximum atomic E-state index is 5.42. The molecule has 0 aliphatic carbocycles. The van der Waals surface area contributed by atoms with Crippen LogP contribution >= 0.6 is 0 Å². The van der Waals surface area contributed by atoms with E-state index in [1.54, 1.807) is 14.2 Å². The van der Waals surface area contributed by atoms with Crippen LogP contribution in [0.25, 0.3) is 0 Å². The molecule has 0 radical (unpaired) electrons. The first-order chi connectivity index (χ1) is 11.3. The summed E-state index contributed by atoms with van der Waals surface area (Å²) in [5.74, 6) is 1.52. The fourth-order valence-electron chi connectivity index (χ4n) is 2.66. The number of hydrogen-bond donors (Lipinski definition) is 1. The molecular formula is C19H29N3O2. The minimum absolute atomic E-state index is 0.00377. The Morgan fingerprint density at radius 1 is 1.17 bits per heavy atom. The Bertz CT molecular complexity index is 686. The third-order valence-electron chi connectivity index (χ3n) is 4.17. The first-order valence-corrected chi connectivity index (χ1v) is 8.26. The van der Waals surface area contributed by atoms with E-state index in [1.807, 2.05) is 23.0 Å². The van der Waals surface area contributed by atoms with Gasteiger partial charge in [-0.15, -0.1) is 0 Å². The molecule has 1 unspecified atom stereocenters. The lowest BCUT2D eigenvalue weighted by Crippen LogP contribution is -2.22. The maximum Gasteiger partial charge on any atom is 0.161 e. The number of benzene rings is 1. The summed E-state index contributed by atoms with van der Waals surface area (Å²) in [4.78, 5) is 0. The highest BCUT2D eigenvalue weighted by Gasteiger charge is 2.16. The minimum Gasteiger partial charge on any atom is -0.493 e. The molecule has 1 heterocycles. The van der Waals surface area contributed by atoms with Gasteiger partial charge in [-0.2, -0.15) is 5.10 Å². The van der Waals surface area contributed by atoms with E-state index >= 15 is 0 Å². The predicted molar refractivity (Wildman–Crippen MR) is 96.8 cm³/mol. The van der Waals surface area contributed by atoms with Crippen molar-refractivity contribution in [3.63, 3.8) is 0 Å². The molecule has 24 heavy (non-hydrogen) atoms. The average molecular weight is 331 g/mol. The van der Waals surface area contributed by atoms with Crippen LogP contribution in [0.4, 0.5) is 0 Å². The van der Waals surface area contributed by atoms with Gasteiger partial charge in [-0.3, -0.25) is 4.68 Å². The van der Waals surface area contributed by atoms with Crippen LogP contribution in [0.1, 0.15) is 50.4 Å². The van der Waals surface area contributed by atoms with Gasteiger partial charge in [0.15, 0.2) is 11.5 Å². The summed E-state index contributed by atoms with van der Waals surface area (Å²) in [5, 5.41) is 8.01. The summed E-state index contributed by atoms with van der Waals surface area (Å²) in [6, 6.07) is 4.26. The van der Waals surface area contributed by atoms with E-state index in [1.165, 1.54) is 16.7 Å². The van der Waals surface area contributed by atoms with Gasteiger partial charge < -0.3 is 14.8 Å². The van der Waals surface area contributed by atoms with Crippen molar-refractivity contribution in [2.24, 2.45) is 0 Å². The van der Waals surface area contributed by atoms with Crippen LogP contribution in [0.15, 0.2) is 24.5 Å². The number of aromatic nitrogens is 2. The monoisotopic (exact) mass is 331 g/mol. The van der Waals surface area contributed by atoms with E-state index in [9.17, 15) is 0 Å². The van der Waals surface area contributed by atoms with Crippen LogP contribution in [0.3, 0.4) is 0 Å².